The summed E-state index contributed by atoms with van der Waals surface area (Å²) in [6, 6.07) is 20.7. The van der Waals surface area contributed by atoms with E-state index < -0.39 is 64.1 Å². The maximum absolute atomic E-state index is 14.6. The molecule has 2 saturated heterocycles. The predicted molar refractivity (Wildman–Crippen MR) is 190 cm³/mol. The lowest BCUT2D eigenvalue weighted by Gasteiger charge is -2.30. The summed E-state index contributed by atoms with van der Waals surface area (Å²) in [7, 11) is 0. The summed E-state index contributed by atoms with van der Waals surface area (Å²) in [5.74, 6) is 5.72. The fourth-order valence-corrected chi connectivity index (χ4v) is 5.69. The second-order valence-corrected chi connectivity index (χ2v) is 13.4. The standard InChI is InChI=1S/C21H18F2N2O2.C20H14F2N2O2/c1-21(2,3)24-13-18(26)25(20(24)27)19-16(22)11-15(12-17(19)23)10-9-14-7-5-4-6-8-14;21-16-10-14(7-6-13-4-2-1-3-5-13)11-17(22)19(16)24-18(25)12-23(20(24)26)15-8-9-15/h4-8,11-12H,13H2,1-3H3;1-5,10-11,15H,8-9,12H2. The van der Waals surface area contributed by atoms with Crippen molar-refractivity contribution >= 4 is 35.3 Å². The summed E-state index contributed by atoms with van der Waals surface area (Å²) >= 11 is 0. The number of hydrogen-bond acceptors (Lipinski definition) is 4. The summed E-state index contributed by atoms with van der Waals surface area (Å²) < 4.78 is 58.2. The van der Waals surface area contributed by atoms with Crippen LogP contribution in [-0.2, 0) is 9.59 Å². The Kier molecular flexibility index (Phi) is 10.1. The molecule has 6 amide bonds. The van der Waals surface area contributed by atoms with E-state index >= 15 is 0 Å². The van der Waals surface area contributed by atoms with E-state index in [9.17, 15) is 36.7 Å². The van der Waals surface area contributed by atoms with Crippen molar-refractivity contribution in [1.29, 1.82) is 0 Å². The molecule has 1 aliphatic carbocycles. The predicted octanol–water partition coefficient (Wildman–Crippen LogP) is 7.23. The summed E-state index contributed by atoms with van der Waals surface area (Å²) in [5, 5.41) is 0. The molecule has 7 rings (SSSR count). The second-order valence-electron chi connectivity index (χ2n) is 13.4. The van der Waals surface area contributed by atoms with Crippen LogP contribution in [0.5, 0.6) is 0 Å². The van der Waals surface area contributed by atoms with Crippen LogP contribution in [0.25, 0.3) is 0 Å². The lowest BCUT2D eigenvalue weighted by atomic mass is 10.1. The molecule has 12 heteroatoms. The SMILES string of the molecule is CC(C)(C)N1CC(=O)N(c2c(F)cc(C#Cc3ccccc3)cc2F)C1=O.O=C1CN(C2CC2)C(=O)N1c1c(F)cc(C#Cc2ccccc2)cc1F. The van der Waals surface area contributed by atoms with Crippen LogP contribution in [0.3, 0.4) is 0 Å². The lowest BCUT2D eigenvalue weighted by molar-refractivity contribution is -0.117. The number of nitrogens with zero attached hydrogens (tertiary/aromatic N) is 4. The fourth-order valence-electron chi connectivity index (χ4n) is 5.69. The van der Waals surface area contributed by atoms with Gasteiger partial charge in [-0.2, -0.15) is 0 Å². The molecular weight excluding hydrogens is 688 g/mol. The van der Waals surface area contributed by atoms with Gasteiger partial charge >= 0.3 is 12.1 Å². The van der Waals surface area contributed by atoms with Crippen molar-refractivity contribution in [3.8, 4) is 23.7 Å². The van der Waals surface area contributed by atoms with Crippen LogP contribution >= 0.6 is 0 Å². The molecule has 0 aromatic heterocycles. The van der Waals surface area contributed by atoms with E-state index in [0.29, 0.717) is 20.9 Å². The van der Waals surface area contributed by atoms with Gasteiger partial charge < -0.3 is 9.80 Å². The highest BCUT2D eigenvalue weighted by molar-refractivity contribution is 6.21. The Hall–Kier alpha value is -6.40. The van der Waals surface area contributed by atoms with Crippen LogP contribution in [0.1, 0.15) is 55.9 Å². The number of carbonyl (C=O) groups is 4. The average Bonchev–Trinajstić information content (AvgIpc) is 3.86. The van der Waals surface area contributed by atoms with E-state index in [1.54, 1.807) is 57.2 Å². The molecule has 4 aromatic rings. The zero-order valence-corrected chi connectivity index (χ0v) is 28.9. The first-order chi connectivity index (χ1) is 25.2. The average molecular weight is 721 g/mol. The third-order valence-corrected chi connectivity index (χ3v) is 8.49. The van der Waals surface area contributed by atoms with Gasteiger partial charge in [0.25, 0.3) is 11.8 Å². The van der Waals surface area contributed by atoms with Gasteiger partial charge in [-0.15, -0.1) is 0 Å². The van der Waals surface area contributed by atoms with Crippen molar-refractivity contribution in [2.75, 3.05) is 22.9 Å². The van der Waals surface area contributed by atoms with Gasteiger partial charge in [0, 0.05) is 33.8 Å². The molecule has 1 saturated carbocycles. The molecule has 268 valence electrons. The molecule has 0 radical (unpaired) electrons. The van der Waals surface area contributed by atoms with E-state index in [0.717, 1.165) is 37.1 Å². The van der Waals surface area contributed by atoms with Crippen LogP contribution in [0.2, 0.25) is 0 Å². The van der Waals surface area contributed by atoms with E-state index in [4.69, 9.17) is 0 Å². The third-order valence-electron chi connectivity index (χ3n) is 8.49. The quantitative estimate of drug-likeness (QED) is 0.127. The Labute approximate surface area is 303 Å². The Morgan fingerprint density at radius 2 is 0.925 bits per heavy atom. The molecule has 8 nitrogen and oxygen atoms in total. The van der Waals surface area contributed by atoms with Crippen molar-refractivity contribution in [2.24, 2.45) is 0 Å². The Balaban J connectivity index is 0.000000181. The summed E-state index contributed by atoms with van der Waals surface area (Å²) in [6.45, 7) is 4.87. The number of rotatable bonds is 3. The highest BCUT2D eigenvalue weighted by Gasteiger charge is 2.46. The smallest absolute Gasteiger partial charge is 0.312 e. The van der Waals surface area contributed by atoms with Crippen LogP contribution in [0, 0.1) is 47.0 Å². The van der Waals surface area contributed by atoms with E-state index in [-0.39, 0.29) is 30.3 Å². The first-order valence-corrected chi connectivity index (χ1v) is 16.6. The van der Waals surface area contributed by atoms with Gasteiger partial charge in [0.2, 0.25) is 0 Å². The van der Waals surface area contributed by atoms with Crippen molar-refractivity contribution in [3.05, 3.63) is 130 Å². The van der Waals surface area contributed by atoms with E-state index in [2.05, 4.69) is 23.7 Å². The van der Waals surface area contributed by atoms with Gasteiger partial charge in [-0.25, -0.2) is 37.0 Å². The minimum absolute atomic E-state index is 0.00131. The molecule has 0 spiro atoms. The topological polar surface area (TPSA) is 81.2 Å². The minimum atomic E-state index is -1.01. The highest BCUT2D eigenvalue weighted by Crippen LogP contribution is 2.35. The number of anilines is 2. The second kappa shape index (κ2) is 14.7. The number of halogens is 4. The van der Waals surface area contributed by atoms with E-state index in [1.807, 2.05) is 24.3 Å². The van der Waals surface area contributed by atoms with Crippen molar-refractivity contribution in [1.82, 2.24) is 9.80 Å². The van der Waals surface area contributed by atoms with Crippen LogP contribution in [-0.4, -0.2) is 58.3 Å². The monoisotopic (exact) mass is 720 g/mol. The zero-order chi connectivity index (χ0) is 38.0. The summed E-state index contributed by atoms with van der Waals surface area (Å²) in [4.78, 5) is 53.1. The van der Waals surface area contributed by atoms with Crippen molar-refractivity contribution in [3.63, 3.8) is 0 Å². The minimum Gasteiger partial charge on any atom is -0.312 e. The van der Waals surface area contributed by atoms with Gasteiger partial charge in [0.05, 0.1) is 0 Å². The van der Waals surface area contributed by atoms with Gasteiger partial charge in [-0.3, -0.25) is 9.59 Å². The molecule has 53 heavy (non-hydrogen) atoms. The Morgan fingerprint density at radius 3 is 1.30 bits per heavy atom. The molecule has 0 unspecified atom stereocenters. The first-order valence-electron chi connectivity index (χ1n) is 16.6. The van der Waals surface area contributed by atoms with Crippen molar-refractivity contribution < 1.29 is 36.7 Å². The lowest BCUT2D eigenvalue weighted by Crippen LogP contribution is -2.44. The number of amides is 6. The van der Waals surface area contributed by atoms with Crippen LogP contribution in [0.4, 0.5) is 38.5 Å². The molecule has 0 bridgehead atoms. The molecule has 0 N–H and O–H groups in total. The summed E-state index contributed by atoms with van der Waals surface area (Å²) in [6.07, 6.45) is 1.62. The number of carbonyl (C=O) groups excluding carboxylic acids is 4. The first kappa shape index (κ1) is 36.4. The highest BCUT2D eigenvalue weighted by atomic mass is 19.1. The molecule has 3 fully saturated rings. The maximum Gasteiger partial charge on any atom is 0.332 e. The molecular formula is C41H32F4N4O4. The zero-order valence-electron chi connectivity index (χ0n) is 28.9. The maximum atomic E-state index is 14.6. The van der Waals surface area contributed by atoms with Crippen LogP contribution in [0.15, 0.2) is 84.9 Å². The Bertz CT molecular complexity index is 2200. The number of urea groups is 2. The van der Waals surface area contributed by atoms with Gasteiger partial charge in [-0.1, -0.05) is 60.1 Å². The molecule has 3 aliphatic rings. The van der Waals surface area contributed by atoms with Crippen molar-refractivity contribution in [2.45, 2.75) is 45.2 Å². The number of imide groups is 2. The summed E-state index contributed by atoms with van der Waals surface area (Å²) in [5.41, 5.74) is -0.281. The molecule has 2 heterocycles. The van der Waals surface area contributed by atoms with Gasteiger partial charge in [0.15, 0.2) is 23.3 Å². The third kappa shape index (κ3) is 7.92. The molecule has 4 aromatic carbocycles. The van der Waals surface area contributed by atoms with Gasteiger partial charge in [0.1, 0.15) is 24.5 Å². The molecule has 0 atom stereocenters. The molecule has 2 aliphatic heterocycles. The fraction of sp³-hybridized carbons (Fsp3) is 0.220. The largest absolute Gasteiger partial charge is 0.332 e. The van der Waals surface area contributed by atoms with Gasteiger partial charge in [-0.05, 0) is 82.1 Å². The number of hydrogen-bond donors (Lipinski definition) is 0. The Morgan fingerprint density at radius 1 is 0.547 bits per heavy atom. The van der Waals surface area contributed by atoms with E-state index in [1.165, 1.54) is 9.80 Å². The van der Waals surface area contributed by atoms with Crippen LogP contribution < -0.4 is 9.80 Å². The normalized spacial score (nSPS) is 15.5. The number of benzene rings is 4.